The summed E-state index contributed by atoms with van der Waals surface area (Å²) in [6.45, 7) is 15.0. The summed E-state index contributed by atoms with van der Waals surface area (Å²) in [5.41, 5.74) is 8.14. The molecule has 1 amide bonds. The molecule has 3 N–H and O–H groups in total. The number of unbranched alkanes of at least 4 members (excludes halogenated alkanes) is 8. The molecule has 5 rings (SSSR count). The number of nitrogens with zero attached hydrogens (tertiary/aromatic N) is 1. The van der Waals surface area contributed by atoms with Gasteiger partial charge in [0.15, 0.2) is 6.61 Å². The third-order valence-electron chi connectivity index (χ3n) is 10.1. The van der Waals surface area contributed by atoms with Crippen LogP contribution < -0.4 is 15.5 Å². The normalized spacial score (nSPS) is 14.6. The molecular weight excluding hydrogens is 781 g/mol. The zero-order chi connectivity index (χ0) is 44.7. The van der Waals surface area contributed by atoms with Gasteiger partial charge in [-0.05, 0) is 102 Å². The van der Waals surface area contributed by atoms with Crippen LogP contribution in [0, 0.1) is 0 Å². The van der Waals surface area contributed by atoms with Crippen LogP contribution in [0.15, 0.2) is 84.9 Å². The van der Waals surface area contributed by atoms with Crippen molar-refractivity contribution in [1.82, 2.24) is 20.8 Å². The Kier molecular flexibility index (Phi) is 17.1. The van der Waals surface area contributed by atoms with Gasteiger partial charge in [0.1, 0.15) is 22.8 Å². The minimum absolute atomic E-state index is 0.0991. The van der Waals surface area contributed by atoms with Crippen molar-refractivity contribution in [3.05, 3.63) is 96.1 Å². The average molecular weight is 847 g/mol. The van der Waals surface area contributed by atoms with Crippen LogP contribution in [-0.4, -0.2) is 57.8 Å². The monoisotopic (exact) mass is 846 g/mol. The number of aromatic amines is 1. The Balaban J connectivity index is 1.27. The van der Waals surface area contributed by atoms with Gasteiger partial charge in [-0.1, -0.05) is 113 Å². The fraction of sp³-hybridized carbons (Fsp3) is 0.451. The molecule has 1 aliphatic heterocycles. The number of rotatable bonds is 21. The zero-order valence-electron chi connectivity index (χ0n) is 37.9. The minimum atomic E-state index is -0.852. The maximum Gasteiger partial charge on any atom is 0.344 e. The number of nitrogens with one attached hydrogen (secondary N) is 3. The van der Waals surface area contributed by atoms with Gasteiger partial charge in [0, 0.05) is 28.8 Å². The van der Waals surface area contributed by atoms with Crippen molar-refractivity contribution in [1.29, 1.82) is 0 Å². The first-order valence-corrected chi connectivity index (χ1v) is 22.2. The molecule has 11 heteroatoms. The van der Waals surface area contributed by atoms with E-state index in [0.29, 0.717) is 17.3 Å². The Morgan fingerprint density at radius 2 is 1.34 bits per heavy atom. The molecule has 3 aromatic carbocycles. The molecule has 1 aromatic heterocycles. The van der Waals surface area contributed by atoms with Crippen LogP contribution in [0.5, 0.6) is 5.75 Å². The predicted molar refractivity (Wildman–Crippen MR) is 247 cm³/mol. The van der Waals surface area contributed by atoms with Gasteiger partial charge in [-0.15, -0.1) is 0 Å². The molecule has 0 spiro atoms. The summed E-state index contributed by atoms with van der Waals surface area (Å²) in [6, 6.07) is 23.3. The number of H-pyrrole nitrogens is 1. The summed E-state index contributed by atoms with van der Waals surface area (Å²) in [7, 11) is 0. The van der Waals surface area contributed by atoms with Crippen LogP contribution in [0.1, 0.15) is 131 Å². The summed E-state index contributed by atoms with van der Waals surface area (Å²) in [5, 5.41) is 3.11. The first-order valence-electron chi connectivity index (χ1n) is 22.2. The number of ether oxygens (including phenoxy) is 3. The molecule has 2 unspecified atom stereocenters. The second-order valence-corrected chi connectivity index (χ2v) is 18.0. The molecule has 0 radical (unpaired) electrons. The van der Waals surface area contributed by atoms with Crippen molar-refractivity contribution < 1.29 is 33.4 Å². The molecule has 0 saturated carbocycles. The summed E-state index contributed by atoms with van der Waals surface area (Å²) in [4.78, 5) is 51.7. The van der Waals surface area contributed by atoms with Crippen LogP contribution in [0.2, 0.25) is 0 Å². The van der Waals surface area contributed by atoms with Crippen LogP contribution in [-0.2, 0) is 28.7 Å². The zero-order valence-corrected chi connectivity index (χ0v) is 37.9. The Hall–Kier alpha value is -5.68. The summed E-state index contributed by atoms with van der Waals surface area (Å²) in [5.74, 6) is 0.172. The number of carbonyl (C=O) groups is 3. The van der Waals surface area contributed by atoms with Gasteiger partial charge in [-0.25, -0.2) is 14.6 Å². The van der Waals surface area contributed by atoms with E-state index < -0.39 is 29.2 Å². The SMILES string of the molecule is CCCCCCCCCCCC(C)NC(=O)C=Cc1ccc(-c2[nH]c(-c3ccc(C4=CC(C(=O)OC(C)(C)C)ON4)cc3)nc2-c2ccc(OCC(=O)OC(C)(C)C)cc2)cc1. The standard InChI is InChI=1S/C51H66N4O7/c1-9-10-11-12-13-14-15-16-17-18-35(2)52-44(56)32-21-36-19-22-38(23-20-36)46-47(39-28-30-41(31-29-39)59-34-45(57)60-50(3,4)5)54-48(53-46)40-26-24-37(25-27-40)42-33-43(62-55-42)49(58)61-51(6,7)8/h19-33,35,43,55H,9-18,34H2,1-8H3,(H,52,56)(H,53,54). The highest BCUT2D eigenvalue weighted by atomic mass is 16.7. The molecule has 2 atom stereocenters. The van der Waals surface area contributed by atoms with E-state index in [4.69, 9.17) is 24.0 Å². The van der Waals surface area contributed by atoms with Crippen molar-refractivity contribution in [3.63, 3.8) is 0 Å². The smallest absolute Gasteiger partial charge is 0.344 e. The Bertz CT molecular complexity index is 2120. The fourth-order valence-corrected chi connectivity index (χ4v) is 6.99. The van der Waals surface area contributed by atoms with Gasteiger partial charge in [-0.2, -0.15) is 0 Å². The Morgan fingerprint density at radius 1 is 0.758 bits per heavy atom. The highest BCUT2D eigenvalue weighted by Crippen LogP contribution is 2.35. The van der Waals surface area contributed by atoms with E-state index in [9.17, 15) is 14.4 Å². The lowest BCUT2D eigenvalue weighted by molar-refractivity contribution is -0.166. The second-order valence-electron chi connectivity index (χ2n) is 18.0. The topological polar surface area (TPSA) is 141 Å². The third-order valence-corrected chi connectivity index (χ3v) is 10.1. The fourth-order valence-electron chi connectivity index (χ4n) is 6.99. The lowest BCUT2D eigenvalue weighted by Crippen LogP contribution is -2.32. The number of benzene rings is 3. The van der Waals surface area contributed by atoms with Crippen molar-refractivity contribution in [2.24, 2.45) is 0 Å². The number of amides is 1. The van der Waals surface area contributed by atoms with Crippen LogP contribution in [0.3, 0.4) is 0 Å². The van der Waals surface area contributed by atoms with Gasteiger partial charge in [-0.3, -0.25) is 15.1 Å². The number of hydrogen-bond donors (Lipinski definition) is 3. The van der Waals surface area contributed by atoms with Gasteiger partial charge in [0.2, 0.25) is 12.0 Å². The Morgan fingerprint density at radius 3 is 1.97 bits per heavy atom. The molecular formula is C51H66N4O7. The van der Waals surface area contributed by atoms with Crippen molar-refractivity contribution in [2.45, 2.75) is 143 Å². The quantitative estimate of drug-likeness (QED) is 0.0424. The molecule has 0 fully saturated rings. The van der Waals surface area contributed by atoms with Gasteiger partial charge in [0.05, 0.1) is 17.1 Å². The van der Waals surface area contributed by atoms with E-state index in [1.165, 1.54) is 51.4 Å². The molecule has 332 valence electrons. The van der Waals surface area contributed by atoms with Crippen LogP contribution in [0.4, 0.5) is 0 Å². The highest BCUT2D eigenvalue weighted by Gasteiger charge is 2.29. The highest BCUT2D eigenvalue weighted by molar-refractivity contribution is 5.92. The third kappa shape index (κ3) is 15.3. The van der Waals surface area contributed by atoms with E-state index >= 15 is 0 Å². The van der Waals surface area contributed by atoms with E-state index in [-0.39, 0.29) is 18.6 Å². The molecule has 0 bridgehead atoms. The minimum Gasteiger partial charge on any atom is -0.482 e. The summed E-state index contributed by atoms with van der Waals surface area (Å²) in [6.07, 6.45) is 16.8. The molecule has 4 aromatic rings. The molecule has 11 nitrogen and oxygen atoms in total. The number of imidazole rings is 1. The number of esters is 2. The van der Waals surface area contributed by atoms with Crippen molar-refractivity contribution >= 4 is 29.6 Å². The number of hydrogen-bond acceptors (Lipinski definition) is 9. The lowest BCUT2D eigenvalue weighted by atomic mass is 10.0. The second kappa shape index (κ2) is 22.4. The van der Waals surface area contributed by atoms with E-state index in [1.54, 1.807) is 24.3 Å². The van der Waals surface area contributed by atoms with Crippen molar-refractivity contribution in [3.8, 4) is 39.7 Å². The van der Waals surface area contributed by atoms with E-state index in [2.05, 4.69) is 29.6 Å². The number of carbonyl (C=O) groups excluding carboxylic acids is 3. The number of hydroxylamine groups is 1. The van der Waals surface area contributed by atoms with Crippen molar-refractivity contribution in [2.75, 3.05) is 6.61 Å². The maximum absolute atomic E-state index is 12.8. The molecule has 2 heterocycles. The van der Waals surface area contributed by atoms with Gasteiger partial charge in [0.25, 0.3) is 0 Å². The Labute approximate surface area is 368 Å². The van der Waals surface area contributed by atoms with Gasteiger partial charge >= 0.3 is 11.9 Å². The largest absolute Gasteiger partial charge is 0.482 e. The molecule has 0 aliphatic carbocycles. The predicted octanol–water partition coefficient (Wildman–Crippen LogP) is 11.2. The average Bonchev–Trinajstić information content (AvgIpc) is 3.90. The first kappa shape index (κ1) is 47.4. The molecule has 0 saturated heterocycles. The molecule has 1 aliphatic rings. The van der Waals surface area contributed by atoms with Crippen LogP contribution >= 0.6 is 0 Å². The molecule has 62 heavy (non-hydrogen) atoms. The maximum atomic E-state index is 12.8. The summed E-state index contributed by atoms with van der Waals surface area (Å²) >= 11 is 0. The van der Waals surface area contributed by atoms with E-state index in [0.717, 1.165) is 52.0 Å². The van der Waals surface area contributed by atoms with Crippen LogP contribution in [0.25, 0.3) is 45.7 Å². The first-order chi connectivity index (χ1) is 29.6. The summed E-state index contributed by atoms with van der Waals surface area (Å²) < 4.78 is 16.6. The van der Waals surface area contributed by atoms with Gasteiger partial charge < -0.3 is 24.5 Å². The lowest BCUT2D eigenvalue weighted by Gasteiger charge is -2.20. The van der Waals surface area contributed by atoms with E-state index in [1.807, 2.05) is 108 Å². The number of aromatic nitrogens is 2.